The van der Waals surface area contributed by atoms with Crippen LogP contribution in [-0.4, -0.2) is 25.7 Å². The number of nitrogen functional groups attached to an aromatic ring is 1. The van der Waals surface area contributed by atoms with Crippen LogP contribution in [0.15, 0.2) is 24.3 Å². The maximum absolute atomic E-state index is 11.1. The summed E-state index contributed by atoms with van der Waals surface area (Å²) < 4.78 is 9.34. The van der Waals surface area contributed by atoms with Gasteiger partial charge in [0.25, 0.3) is 5.91 Å². The second-order valence-corrected chi connectivity index (χ2v) is 2.90. The Balaban J connectivity index is 2.37. The molecule has 16 heavy (non-hydrogen) atoms. The van der Waals surface area contributed by atoms with Crippen molar-refractivity contribution < 1.29 is 19.1 Å². The average molecular weight is 224 g/mol. The van der Waals surface area contributed by atoms with Gasteiger partial charge in [0.2, 0.25) is 0 Å². The summed E-state index contributed by atoms with van der Waals surface area (Å²) in [6.07, 6.45) is -0.814. The van der Waals surface area contributed by atoms with Gasteiger partial charge < -0.3 is 15.2 Å². The van der Waals surface area contributed by atoms with Gasteiger partial charge in [0.15, 0.2) is 6.61 Å². The molecule has 0 atom stereocenters. The molecule has 0 unspecified atom stereocenters. The Morgan fingerprint density at radius 1 is 1.31 bits per heavy atom. The fourth-order valence-electron chi connectivity index (χ4n) is 0.914. The van der Waals surface area contributed by atoms with Gasteiger partial charge in [0.05, 0.1) is 7.11 Å². The van der Waals surface area contributed by atoms with Crippen LogP contribution in [0.3, 0.4) is 0 Å². The third-order valence-electron chi connectivity index (χ3n) is 1.68. The fraction of sp³-hybridized carbons (Fsp3) is 0.200. The monoisotopic (exact) mass is 224 g/mol. The zero-order valence-corrected chi connectivity index (χ0v) is 8.73. The SMILES string of the molecule is COC(=O)NC(=O)COc1ccc(N)cc1. The number of benzene rings is 1. The molecule has 0 aromatic heterocycles. The largest absolute Gasteiger partial charge is 0.484 e. The van der Waals surface area contributed by atoms with Crippen molar-refractivity contribution in [3.05, 3.63) is 24.3 Å². The molecule has 0 aliphatic heterocycles. The minimum Gasteiger partial charge on any atom is -0.484 e. The molecular weight excluding hydrogens is 212 g/mol. The molecule has 0 aliphatic carbocycles. The Kier molecular flexibility index (Phi) is 4.14. The highest BCUT2D eigenvalue weighted by Gasteiger charge is 2.07. The van der Waals surface area contributed by atoms with Gasteiger partial charge in [-0.3, -0.25) is 10.1 Å². The van der Waals surface area contributed by atoms with E-state index in [1.54, 1.807) is 24.3 Å². The van der Waals surface area contributed by atoms with E-state index in [0.717, 1.165) is 0 Å². The highest BCUT2D eigenvalue weighted by Crippen LogP contribution is 2.12. The maximum atomic E-state index is 11.1. The lowest BCUT2D eigenvalue weighted by Crippen LogP contribution is -2.34. The van der Waals surface area contributed by atoms with Gasteiger partial charge in [-0.05, 0) is 24.3 Å². The first-order chi connectivity index (χ1) is 7.61. The first kappa shape index (κ1) is 11.8. The molecule has 1 aromatic carbocycles. The van der Waals surface area contributed by atoms with Crippen molar-refractivity contribution in [2.45, 2.75) is 0 Å². The Bertz CT molecular complexity index is 375. The minimum atomic E-state index is -0.814. The second kappa shape index (κ2) is 5.59. The number of ether oxygens (including phenoxy) is 2. The van der Waals surface area contributed by atoms with Crippen LogP contribution in [0, 0.1) is 0 Å². The Morgan fingerprint density at radius 2 is 1.94 bits per heavy atom. The van der Waals surface area contributed by atoms with Crippen molar-refractivity contribution in [3.63, 3.8) is 0 Å². The van der Waals surface area contributed by atoms with E-state index in [-0.39, 0.29) is 6.61 Å². The van der Waals surface area contributed by atoms with E-state index in [1.807, 2.05) is 5.32 Å². The molecule has 0 radical (unpaired) electrons. The predicted molar refractivity (Wildman–Crippen MR) is 56.9 cm³/mol. The maximum Gasteiger partial charge on any atom is 0.413 e. The van der Waals surface area contributed by atoms with Gasteiger partial charge >= 0.3 is 6.09 Å². The number of carbonyl (C=O) groups is 2. The lowest BCUT2D eigenvalue weighted by molar-refractivity contribution is -0.122. The van der Waals surface area contributed by atoms with Crippen LogP contribution in [0.5, 0.6) is 5.75 Å². The number of hydrogen-bond donors (Lipinski definition) is 2. The summed E-state index contributed by atoms with van der Waals surface area (Å²) in [5.41, 5.74) is 6.07. The summed E-state index contributed by atoms with van der Waals surface area (Å²) in [6, 6.07) is 6.54. The van der Waals surface area contributed by atoms with Crippen molar-refractivity contribution in [2.24, 2.45) is 0 Å². The Hall–Kier alpha value is -2.24. The van der Waals surface area contributed by atoms with Crippen molar-refractivity contribution in [2.75, 3.05) is 19.5 Å². The summed E-state index contributed by atoms with van der Waals surface area (Å²) in [4.78, 5) is 21.7. The zero-order valence-electron chi connectivity index (χ0n) is 8.73. The first-order valence-corrected chi connectivity index (χ1v) is 4.48. The molecule has 0 saturated heterocycles. The molecule has 0 heterocycles. The molecule has 0 spiro atoms. The van der Waals surface area contributed by atoms with Gasteiger partial charge in [-0.25, -0.2) is 4.79 Å². The van der Waals surface area contributed by atoms with Crippen LogP contribution in [0.1, 0.15) is 0 Å². The molecule has 2 amide bonds. The normalized spacial score (nSPS) is 9.31. The number of nitrogens with two attached hydrogens (primary N) is 1. The molecule has 1 rings (SSSR count). The van der Waals surface area contributed by atoms with Crippen molar-refractivity contribution in [3.8, 4) is 5.75 Å². The number of rotatable bonds is 3. The van der Waals surface area contributed by atoms with Crippen LogP contribution in [-0.2, 0) is 9.53 Å². The molecular formula is C10H12N2O4. The Labute approximate surface area is 92.3 Å². The number of nitrogens with one attached hydrogen (secondary N) is 1. The Morgan fingerprint density at radius 3 is 2.50 bits per heavy atom. The highest BCUT2D eigenvalue weighted by atomic mass is 16.5. The number of hydrogen-bond acceptors (Lipinski definition) is 5. The standard InChI is InChI=1S/C10H12N2O4/c1-15-10(14)12-9(13)6-16-8-4-2-7(11)3-5-8/h2-5H,6,11H2,1H3,(H,12,13,14). The number of anilines is 1. The van der Waals surface area contributed by atoms with E-state index in [0.29, 0.717) is 11.4 Å². The van der Waals surface area contributed by atoms with Crippen molar-refractivity contribution >= 4 is 17.7 Å². The zero-order chi connectivity index (χ0) is 12.0. The van der Waals surface area contributed by atoms with Crippen molar-refractivity contribution in [1.82, 2.24) is 5.32 Å². The third kappa shape index (κ3) is 3.87. The molecule has 86 valence electrons. The predicted octanol–water partition coefficient (Wildman–Crippen LogP) is 0.530. The van der Waals surface area contributed by atoms with Gasteiger partial charge in [0.1, 0.15) is 5.75 Å². The van der Waals surface area contributed by atoms with E-state index in [2.05, 4.69) is 4.74 Å². The van der Waals surface area contributed by atoms with Crippen molar-refractivity contribution in [1.29, 1.82) is 0 Å². The summed E-state index contributed by atoms with van der Waals surface area (Å²) in [6.45, 7) is -0.265. The minimum absolute atomic E-state index is 0.265. The van der Waals surface area contributed by atoms with Crippen LogP contribution < -0.4 is 15.8 Å². The summed E-state index contributed by atoms with van der Waals surface area (Å²) in [5.74, 6) is -0.0853. The first-order valence-electron chi connectivity index (χ1n) is 4.48. The molecule has 6 nitrogen and oxygen atoms in total. The lowest BCUT2D eigenvalue weighted by atomic mass is 10.3. The van der Waals surface area contributed by atoms with E-state index in [4.69, 9.17) is 10.5 Å². The lowest BCUT2D eigenvalue weighted by Gasteiger charge is -2.05. The van der Waals surface area contributed by atoms with Gasteiger partial charge in [-0.2, -0.15) is 0 Å². The van der Waals surface area contributed by atoms with Gasteiger partial charge in [-0.15, -0.1) is 0 Å². The van der Waals surface area contributed by atoms with Crippen LogP contribution in [0.4, 0.5) is 10.5 Å². The summed E-state index contributed by atoms with van der Waals surface area (Å²) in [5, 5.41) is 1.96. The molecule has 6 heteroatoms. The smallest absolute Gasteiger partial charge is 0.413 e. The molecule has 1 aromatic rings. The molecule has 0 fully saturated rings. The second-order valence-electron chi connectivity index (χ2n) is 2.90. The fourth-order valence-corrected chi connectivity index (χ4v) is 0.914. The molecule has 3 N–H and O–H groups in total. The summed E-state index contributed by atoms with van der Waals surface area (Å²) in [7, 11) is 1.17. The van der Waals surface area contributed by atoms with E-state index in [9.17, 15) is 9.59 Å². The number of methoxy groups -OCH3 is 1. The van der Waals surface area contributed by atoms with Crippen LogP contribution in [0.2, 0.25) is 0 Å². The van der Waals surface area contributed by atoms with Crippen LogP contribution in [0.25, 0.3) is 0 Å². The topological polar surface area (TPSA) is 90.6 Å². The van der Waals surface area contributed by atoms with Gasteiger partial charge in [-0.1, -0.05) is 0 Å². The number of imide groups is 1. The van der Waals surface area contributed by atoms with Crippen LogP contribution >= 0.6 is 0 Å². The van der Waals surface area contributed by atoms with E-state index >= 15 is 0 Å². The quantitative estimate of drug-likeness (QED) is 0.731. The average Bonchev–Trinajstić information content (AvgIpc) is 2.28. The van der Waals surface area contributed by atoms with E-state index < -0.39 is 12.0 Å². The highest BCUT2D eigenvalue weighted by molar-refractivity contribution is 5.92. The summed E-state index contributed by atoms with van der Waals surface area (Å²) >= 11 is 0. The number of alkyl carbamates (subject to hydrolysis) is 1. The molecule has 0 saturated carbocycles. The van der Waals surface area contributed by atoms with E-state index in [1.165, 1.54) is 7.11 Å². The van der Waals surface area contributed by atoms with Gasteiger partial charge in [0, 0.05) is 5.69 Å². The third-order valence-corrected chi connectivity index (χ3v) is 1.68. The molecule has 0 aliphatic rings. The number of amides is 2. The number of carbonyl (C=O) groups excluding carboxylic acids is 2. The molecule has 0 bridgehead atoms.